The second-order valence-corrected chi connectivity index (χ2v) is 7.27. The van der Waals surface area contributed by atoms with Gasteiger partial charge < -0.3 is 9.26 Å². The van der Waals surface area contributed by atoms with E-state index in [0.29, 0.717) is 25.2 Å². The molecule has 0 radical (unpaired) electrons. The number of nitrogens with zero attached hydrogens (tertiary/aromatic N) is 1. The van der Waals surface area contributed by atoms with Gasteiger partial charge in [-0.05, 0) is 25.8 Å². The highest BCUT2D eigenvalue weighted by molar-refractivity contribution is 7.41. The van der Waals surface area contributed by atoms with Crippen molar-refractivity contribution in [2.45, 2.75) is 32.1 Å². The molecule has 3 rings (SSSR count). The average molecular weight is 404 g/mol. The van der Waals surface area contributed by atoms with Gasteiger partial charge in [-0.15, -0.1) is 6.42 Å². The van der Waals surface area contributed by atoms with Crippen LogP contribution in [-0.2, 0) is 18.3 Å². The molecule has 0 aromatic carbocycles. The van der Waals surface area contributed by atoms with Gasteiger partial charge in [0.1, 0.15) is 17.6 Å². The van der Waals surface area contributed by atoms with Gasteiger partial charge in [-0.3, -0.25) is 23.4 Å². The SMILES string of the molecule is C#Cc1cn(C2CCC(COP3OCC(/C=C\C)=C(C=C)O3)O2)c(=O)[nH]c1=O. The molecule has 3 unspecified atom stereocenters. The number of allylic oxidation sites excluding steroid dienone is 2. The maximum absolute atomic E-state index is 12.0. The van der Waals surface area contributed by atoms with Gasteiger partial charge >= 0.3 is 14.3 Å². The molecule has 1 N–H and O–H groups in total. The Morgan fingerprint density at radius 2 is 2.32 bits per heavy atom. The zero-order valence-corrected chi connectivity index (χ0v) is 16.3. The van der Waals surface area contributed by atoms with Crippen molar-refractivity contribution in [2.24, 2.45) is 0 Å². The van der Waals surface area contributed by atoms with Crippen LogP contribution in [0, 0.1) is 12.3 Å². The summed E-state index contributed by atoms with van der Waals surface area (Å²) in [4.78, 5) is 25.8. The van der Waals surface area contributed by atoms with Gasteiger partial charge in [-0.25, -0.2) is 4.79 Å². The van der Waals surface area contributed by atoms with Gasteiger partial charge in [0.2, 0.25) is 0 Å². The molecule has 0 spiro atoms. The molecule has 1 aromatic heterocycles. The summed E-state index contributed by atoms with van der Waals surface area (Å²) >= 11 is 0. The lowest BCUT2D eigenvalue weighted by atomic mass is 10.2. The Bertz CT molecular complexity index is 954. The van der Waals surface area contributed by atoms with Gasteiger partial charge in [0, 0.05) is 11.8 Å². The number of terminal acetylenes is 1. The second kappa shape index (κ2) is 9.18. The van der Waals surface area contributed by atoms with Gasteiger partial charge in [-0.1, -0.05) is 24.7 Å². The highest BCUT2D eigenvalue weighted by Crippen LogP contribution is 2.47. The summed E-state index contributed by atoms with van der Waals surface area (Å²) in [6, 6.07) is 0. The molecule has 1 fully saturated rings. The normalized spacial score (nSPS) is 24.9. The molecule has 9 heteroatoms. The predicted octanol–water partition coefficient (Wildman–Crippen LogP) is 2.50. The van der Waals surface area contributed by atoms with E-state index >= 15 is 0 Å². The Morgan fingerprint density at radius 3 is 3.04 bits per heavy atom. The summed E-state index contributed by atoms with van der Waals surface area (Å²) in [6.07, 6.45) is 12.6. The Kier molecular flexibility index (Phi) is 6.65. The molecule has 0 bridgehead atoms. The minimum atomic E-state index is -1.54. The molecular weight excluding hydrogens is 383 g/mol. The first-order valence-corrected chi connectivity index (χ1v) is 9.85. The van der Waals surface area contributed by atoms with E-state index in [0.717, 1.165) is 5.57 Å². The molecule has 0 saturated carbocycles. The fourth-order valence-electron chi connectivity index (χ4n) is 2.88. The standard InChI is InChI=1S/C19H21N2O6P/c1-4-7-14-11-24-28(27-16(14)6-3)25-12-15-8-9-17(26-15)21-10-13(5-2)18(22)20-19(21)23/h2,4,6-7,10,15,17H,3,8-9,11-12H2,1H3,(H,20,22,23)/b7-4-. The maximum atomic E-state index is 12.0. The van der Waals surface area contributed by atoms with Crippen molar-refractivity contribution in [1.29, 1.82) is 0 Å². The van der Waals surface area contributed by atoms with E-state index in [2.05, 4.69) is 17.5 Å². The fraction of sp³-hybridized carbons (Fsp3) is 0.368. The van der Waals surface area contributed by atoms with E-state index in [-0.39, 0.29) is 18.3 Å². The van der Waals surface area contributed by atoms with E-state index in [9.17, 15) is 9.59 Å². The van der Waals surface area contributed by atoms with Crippen LogP contribution in [0.3, 0.4) is 0 Å². The predicted molar refractivity (Wildman–Crippen MR) is 104 cm³/mol. The monoisotopic (exact) mass is 404 g/mol. The van der Waals surface area contributed by atoms with E-state index in [1.165, 1.54) is 10.8 Å². The van der Waals surface area contributed by atoms with Crippen LogP contribution < -0.4 is 11.2 Å². The third-order valence-corrected chi connectivity index (χ3v) is 5.30. The number of aromatic nitrogens is 2. The van der Waals surface area contributed by atoms with Crippen molar-refractivity contribution in [1.82, 2.24) is 9.55 Å². The fourth-order valence-corrected chi connectivity index (χ4v) is 3.95. The largest absolute Gasteiger partial charge is 0.426 e. The molecule has 3 heterocycles. The average Bonchev–Trinajstić information content (AvgIpc) is 3.16. The van der Waals surface area contributed by atoms with Crippen molar-refractivity contribution in [3.63, 3.8) is 0 Å². The van der Waals surface area contributed by atoms with E-state index < -0.39 is 26.1 Å². The third kappa shape index (κ3) is 4.51. The highest BCUT2D eigenvalue weighted by atomic mass is 31.2. The molecule has 28 heavy (non-hydrogen) atoms. The number of H-pyrrole nitrogens is 1. The first-order valence-electron chi connectivity index (χ1n) is 8.75. The summed E-state index contributed by atoms with van der Waals surface area (Å²) < 4.78 is 24.2. The van der Waals surface area contributed by atoms with Crippen LogP contribution in [-0.4, -0.2) is 28.9 Å². The van der Waals surface area contributed by atoms with Crippen LogP contribution in [0.2, 0.25) is 0 Å². The minimum Gasteiger partial charge on any atom is -0.426 e. The van der Waals surface area contributed by atoms with Crippen LogP contribution in [0.1, 0.15) is 31.6 Å². The van der Waals surface area contributed by atoms with Gasteiger partial charge in [-0.2, -0.15) is 0 Å². The Morgan fingerprint density at radius 1 is 1.50 bits per heavy atom. The number of hydrogen-bond acceptors (Lipinski definition) is 6. The molecule has 0 aliphatic carbocycles. The van der Waals surface area contributed by atoms with E-state index in [1.807, 2.05) is 19.1 Å². The first kappa shape index (κ1) is 20.3. The van der Waals surface area contributed by atoms with Crippen molar-refractivity contribution < 1.29 is 18.3 Å². The van der Waals surface area contributed by atoms with Gasteiger partial charge in [0.15, 0.2) is 0 Å². The van der Waals surface area contributed by atoms with Crippen LogP contribution in [0.25, 0.3) is 0 Å². The molecule has 3 atom stereocenters. The molecule has 0 amide bonds. The maximum Gasteiger partial charge on any atom is 0.397 e. The molecular formula is C19H21N2O6P. The third-order valence-electron chi connectivity index (χ3n) is 4.25. The van der Waals surface area contributed by atoms with Gasteiger partial charge in [0.25, 0.3) is 5.56 Å². The summed E-state index contributed by atoms with van der Waals surface area (Å²) in [5.41, 5.74) is -0.162. The Labute approximate surface area is 163 Å². The van der Waals surface area contributed by atoms with Gasteiger partial charge in [0.05, 0.1) is 19.3 Å². The molecule has 148 valence electrons. The van der Waals surface area contributed by atoms with Crippen molar-refractivity contribution in [3.8, 4) is 12.3 Å². The molecule has 1 aromatic rings. The van der Waals surface area contributed by atoms with E-state index in [1.54, 1.807) is 6.08 Å². The molecule has 2 aliphatic heterocycles. The highest BCUT2D eigenvalue weighted by Gasteiger charge is 2.30. The van der Waals surface area contributed by atoms with Crippen LogP contribution in [0.15, 0.2) is 51.9 Å². The topological polar surface area (TPSA) is 91.8 Å². The van der Waals surface area contributed by atoms with Crippen molar-refractivity contribution in [2.75, 3.05) is 13.2 Å². The molecule has 1 saturated heterocycles. The molecule has 2 aliphatic rings. The van der Waals surface area contributed by atoms with Crippen LogP contribution in [0.5, 0.6) is 0 Å². The number of nitrogens with one attached hydrogen (secondary N) is 1. The lowest BCUT2D eigenvalue weighted by Gasteiger charge is -2.25. The number of ether oxygens (including phenoxy) is 1. The zero-order chi connectivity index (χ0) is 20.1. The summed E-state index contributed by atoms with van der Waals surface area (Å²) in [6.45, 7) is 6.30. The van der Waals surface area contributed by atoms with Crippen LogP contribution >= 0.6 is 8.60 Å². The quantitative estimate of drug-likeness (QED) is 0.579. The lowest BCUT2D eigenvalue weighted by Crippen LogP contribution is -2.33. The summed E-state index contributed by atoms with van der Waals surface area (Å²) in [5.74, 6) is 2.90. The number of hydrogen-bond donors (Lipinski definition) is 1. The zero-order valence-electron chi connectivity index (χ0n) is 15.4. The number of aromatic amines is 1. The Hall–Kier alpha value is -2.43. The minimum absolute atomic E-state index is 0.0797. The Balaban J connectivity index is 1.58. The van der Waals surface area contributed by atoms with Crippen molar-refractivity contribution >= 4 is 8.60 Å². The first-order chi connectivity index (χ1) is 13.5. The van der Waals surface area contributed by atoms with E-state index in [4.69, 9.17) is 24.7 Å². The smallest absolute Gasteiger partial charge is 0.397 e. The molecule has 8 nitrogen and oxygen atoms in total. The van der Waals surface area contributed by atoms with Crippen LogP contribution in [0.4, 0.5) is 0 Å². The summed E-state index contributed by atoms with van der Waals surface area (Å²) in [5, 5.41) is 0. The second-order valence-electron chi connectivity index (χ2n) is 6.12. The van der Waals surface area contributed by atoms with Crippen molar-refractivity contribution in [3.05, 3.63) is 68.7 Å². The lowest BCUT2D eigenvalue weighted by molar-refractivity contribution is -0.0232. The summed E-state index contributed by atoms with van der Waals surface area (Å²) in [7, 11) is -1.54. The number of rotatable bonds is 6.